The summed E-state index contributed by atoms with van der Waals surface area (Å²) in [7, 11) is -3.93. The van der Waals surface area contributed by atoms with Gasteiger partial charge in [-0.3, -0.25) is 9.59 Å². The molecule has 0 aliphatic rings. The monoisotopic (exact) mass is 583 g/mol. The van der Waals surface area contributed by atoms with Gasteiger partial charge in [0.2, 0.25) is 11.8 Å². The van der Waals surface area contributed by atoms with Crippen LogP contribution in [0.2, 0.25) is 0 Å². The lowest BCUT2D eigenvalue weighted by Gasteiger charge is -2.25. The smallest absolute Gasteiger partial charge is 0.408 e. The van der Waals surface area contributed by atoms with Gasteiger partial charge in [-0.2, -0.15) is 8.42 Å². The minimum absolute atomic E-state index is 0.0671. The standard InChI is InChI=1S/C30H37N3O7S/c1-6-8-12-19-31-27(34)25(21-23-15-17-24(18-16-23)40-41(37,38)7-2)32-28(35)26(20-22-13-10-9-11-14-22)33-29(36)39-30(3,4)5/h1,7,9-11,13-18,25-26H,2,8,12,19-21H2,3-5H3,(H,31,34)(H,32,35)(H,33,36). The van der Waals surface area contributed by atoms with E-state index in [4.69, 9.17) is 15.3 Å². The van der Waals surface area contributed by atoms with E-state index >= 15 is 0 Å². The maximum atomic E-state index is 13.5. The Morgan fingerprint density at radius 1 is 0.951 bits per heavy atom. The van der Waals surface area contributed by atoms with E-state index in [0.29, 0.717) is 30.4 Å². The number of terminal acetylenes is 1. The molecule has 0 heterocycles. The molecule has 3 amide bonds. The van der Waals surface area contributed by atoms with Crippen LogP contribution in [0.5, 0.6) is 5.75 Å². The average Bonchev–Trinajstić information content (AvgIpc) is 2.90. The van der Waals surface area contributed by atoms with Crippen LogP contribution in [0.1, 0.15) is 44.7 Å². The molecule has 0 fully saturated rings. The molecule has 0 saturated carbocycles. The van der Waals surface area contributed by atoms with Crippen molar-refractivity contribution in [2.24, 2.45) is 0 Å². The zero-order valence-corrected chi connectivity index (χ0v) is 24.3. The van der Waals surface area contributed by atoms with Gasteiger partial charge in [0, 0.05) is 25.8 Å². The highest BCUT2D eigenvalue weighted by molar-refractivity contribution is 7.90. The zero-order valence-electron chi connectivity index (χ0n) is 23.5. The van der Waals surface area contributed by atoms with Crippen LogP contribution in [0.3, 0.4) is 0 Å². The third-order valence-electron chi connectivity index (χ3n) is 5.50. The number of benzene rings is 2. The van der Waals surface area contributed by atoms with E-state index in [2.05, 4.69) is 28.4 Å². The molecule has 10 nitrogen and oxygen atoms in total. The predicted molar refractivity (Wildman–Crippen MR) is 156 cm³/mol. The number of ether oxygens (including phenoxy) is 1. The maximum Gasteiger partial charge on any atom is 0.408 e. The van der Waals surface area contributed by atoms with Crippen molar-refractivity contribution in [3.63, 3.8) is 0 Å². The molecule has 2 aromatic rings. The normalized spacial score (nSPS) is 12.6. The second-order valence-corrected chi connectivity index (χ2v) is 11.6. The molecule has 2 aromatic carbocycles. The number of amides is 3. The lowest BCUT2D eigenvalue weighted by Crippen LogP contribution is -2.55. The van der Waals surface area contributed by atoms with Crippen molar-refractivity contribution < 1.29 is 31.7 Å². The fourth-order valence-electron chi connectivity index (χ4n) is 3.60. The van der Waals surface area contributed by atoms with Crippen LogP contribution < -0.4 is 20.1 Å². The van der Waals surface area contributed by atoms with Crippen molar-refractivity contribution >= 4 is 28.0 Å². The summed E-state index contributed by atoms with van der Waals surface area (Å²) in [5.74, 6) is 1.55. The SMILES string of the molecule is C#CCCCNC(=O)C(Cc1ccc(OS(=O)(=O)C=C)cc1)NC(=O)C(Cc1ccccc1)NC(=O)OC(C)(C)C. The third-order valence-corrected chi connectivity index (χ3v) is 6.33. The van der Waals surface area contributed by atoms with E-state index in [0.717, 1.165) is 5.56 Å². The molecule has 0 spiro atoms. The van der Waals surface area contributed by atoms with Crippen LogP contribution in [0.15, 0.2) is 66.6 Å². The second-order valence-electron chi connectivity index (χ2n) is 10.1. The average molecular weight is 584 g/mol. The van der Waals surface area contributed by atoms with Crippen LogP contribution in [-0.2, 0) is 37.3 Å². The first-order valence-electron chi connectivity index (χ1n) is 13.0. The molecule has 0 bridgehead atoms. The summed E-state index contributed by atoms with van der Waals surface area (Å²) in [5, 5.41) is 8.84. The largest absolute Gasteiger partial charge is 0.444 e. The zero-order chi connectivity index (χ0) is 30.5. The first kappa shape index (κ1) is 32.9. The number of unbranched alkanes of at least 4 members (excludes halogenated alkanes) is 1. The highest BCUT2D eigenvalue weighted by atomic mass is 32.2. The van der Waals surface area contributed by atoms with Crippen LogP contribution in [0.25, 0.3) is 0 Å². The summed E-state index contributed by atoms with van der Waals surface area (Å²) in [4.78, 5) is 39.2. The van der Waals surface area contributed by atoms with Crippen molar-refractivity contribution in [2.75, 3.05) is 6.54 Å². The summed E-state index contributed by atoms with van der Waals surface area (Å²) in [5.41, 5.74) is 0.640. The summed E-state index contributed by atoms with van der Waals surface area (Å²) < 4.78 is 33.5. The molecule has 11 heteroatoms. The van der Waals surface area contributed by atoms with E-state index < -0.39 is 45.7 Å². The Bertz CT molecular complexity index is 1330. The van der Waals surface area contributed by atoms with Crippen LogP contribution in [0.4, 0.5) is 4.79 Å². The van der Waals surface area contributed by atoms with Gasteiger partial charge in [-0.25, -0.2) is 4.79 Å². The van der Waals surface area contributed by atoms with Gasteiger partial charge < -0.3 is 24.9 Å². The van der Waals surface area contributed by atoms with Gasteiger partial charge in [0.05, 0.1) is 5.41 Å². The molecule has 2 atom stereocenters. The Morgan fingerprint density at radius 2 is 1.54 bits per heavy atom. The van der Waals surface area contributed by atoms with E-state index in [1.54, 1.807) is 32.9 Å². The van der Waals surface area contributed by atoms with Gasteiger partial charge in [0.15, 0.2) is 0 Å². The number of hydrogen-bond acceptors (Lipinski definition) is 7. The minimum atomic E-state index is -3.93. The number of carbonyl (C=O) groups is 3. The van der Waals surface area contributed by atoms with Gasteiger partial charge in [-0.1, -0.05) is 49.0 Å². The van der Waals surface area contributed by atoms with Gasteiger partial charge in [-0.05, 0) is 50.5 Å². The molecule has 0 saturated heterocycles. The van der Waals surface area contributed by atoms with Crippen molar-refractivity contribution in [3.05, 3.63) is 77.7 Å². The van der Waals surface area contributed by atoms with Crippen molar-refractivity contribution in [3.8, 4) is 18.1 Å². The van der Waals surface area contributed by atoms with E-state index in [-0.39, 0.29) is 18.6 Å². The van der Waals surface area contributed by atoms with E-state index in [9.17, 15) is 22.8 Å². The highest BCUT2D eigenvalue weighted by Crippen LogP contribution is 2.16. The summed E-state index contributed by atoms with van der Waals surface area (Å²) in [6.45, 7) is 8.64. The minimum Gasteiger partial charge on any atom is -0.444 e. The third kappa shape index (κ3) is 12.6. The molecular formula is C30H37N3O7S. The quantitative estimate of drug-likeness (QED) is 0.176. The number of hydrogen-bond donors (Lipinski definition) is 3. The lowest BCUT2D eigenvalue weighted by molar-refractivity contribution is -0.130. The molecule has 2 rings (SSSR count). The lowest BCUT2D eigenvalue weighted by atomic mass is 10.0. The highest BCUT2D eigenvalue weighted by Gasteiger charge is 2.29. The first-order valence-corrected chi connectivity index (χ1v) is 14.5. The van der Waals surface area contributed by atoms with Gasteiger partial charge in [-0.15, -0.1) is 12.3 Å². The summed E-state index contributed by atoms with van der Waals surface area (Å²) >= 11 is 0. The van der Waals surface area contributed by atoms with Crippen LogP contribution in [-0.4, -0.2) is 50.6 Å². The van der Waals surface area contributed by atoms with Gasteiger partial charge in [0.25, 0.3) is 0 Å². The molecule has 220 valence electrons. The molecule has 0 aliphatic heterocycles. The first-order chi connectivity index (χ1) is 19.3. The number of alkyl carbamates (subject to hydrolysis) is 1. The summed E-state index contributed by atoms with van der Waals surface area (Å²) in [6, 6.07) is 13.1. The Balaban J connectivity index is 2.26. The Labute approximate surface area is 242 Å². The van der Waals surface area contributed by atoms with Crippen molar-refractivity contribution in [2.45, 2.75) is 64.1 Å². The predicted octanol–water partition coefficient (Wildman–Crippen LogP) is 3.23. The Kier molecular flexibility index (Phi) is 12.4. The van der Waals surface area contributed by atoms with Crippen LogP contribution in [0, 0.1) is 12.3 Å². The van der Waals surface area contributed by atoms with E-state index in [1.165, 1.54) is 12.1 Å². The molecule has 2 unspecified atom stereocenters. The summed E-state index contributed by atoms with van der Waals surface area (Å²) in [6.07, 6.45) is 5.79. The fraction of sp³-hybridized carbons (Fsp3) is 0.367. The molecule has 0 aromatic heterocycles. The number of rotatable bonds is 14. The number of carbonyl (C=O) groups excluding carboxylic acids is 3. The van der Waals surface area contributed by atoms with Gasteiger partial charge >= 0.3 is 16.2 Å². The molecule has 3 N–H and O–H groups in total. The number of nitrogens with one attached hydrogen (secondary N) is 3. The topological polar surface area (TPSA) is 140 Å². The molecule has 0 radical (unpaired) electrons. The van der Waals surface area contributed by atoms with Crippen molar-refractivity contribution in [1.82, 2.24) is 16.0 Å². The van der Waals surface area contributed by atoms with Crippen molar-refractivity contribution in [1.29, 1.82) is 0 Å². The Hall–Kier alpha value is -4.30. The van der Waals surface area contributed by atoms with E-state index in [1.807, 2.05) is 30.3 Å². The maximum absolute atomic E-state index is 13.5. The fourth-order valence-corrected chi connectivity index (χ4v) is 4.05. The second kappa shape index (κ2) is 15.5. The molecule has 0 aliphatic carbocycles. The Morgan fingerprint density at radius 3 is 2.10 bits per heavy atom. The molecule has 41 heavy (non-hydrogen) atoms. The van der Waals surface area contributed by atoms with Gasteiger partial charge in [0.1, 0.15) is 23.4 Å². The molecular weight excluding hydrogens is 546 g/mol. The van der Waals surface area contributed by atoms with Crippen LogP contribution >= 0.6 is 0 Å².